The summed E-state index contributed by atoms with van der Waals surface area (Å²) in [5.74, 6) is 0.511. The maximum absolute atomic E-state index is 10.9. The average molecular weight is 173 g/mol. The van der Waals surface area contributed by atoms with E-state index < -0.39 is 0 Å². The zero-order valence-electron chi connectivity index (χ0n) is 7.97. The van der Waals surface area contributed by atoms with Crippen LogP contribution >= 0.6 is 0 Å². The number of hydrogen-bond donors (Lipinski definition) is 2. The Morgan fingerprint density at radius 2 is 2.17 bits per heavy atom. The first-order valence-electron chi connectivity index (χ1n) is 4.62. The Bertz CT molecular complexity index is 126. The van der Waals surface area contributed by atoms with Crippen molar-refractivity contribution >= 4 is 5.91 Å². The average Bonchev–Trinajstić information content (AvgIpc) is 2.11. The third kappa shape index (κ3) is 5.13. The van der Waals surface area contributed by atoms with Gasteiger partial charge in [-0.3, -0.25) is 4.79 Å². The van der Waals surface area contributed by atoms with E-state index in [-0.39, 0.29) is 12.5 Å². The van der Waals surface area contributed by atoms with Gasteiger partial charge in [-0.25, -0.2) is 0 Å². The number of carbonyl (C=O) groups is 1. The molecule has 72 valence electrons. The molecule has 1 unspecified atom stereocenters. The molecule has 0 aromatic carbocycles. The fraction of sp³-hybridized carbons (Fsp3) is 0.889. The minimum atomic E-state index is 0.0892. The molecule has 3 nitrogen and oxygen atoms in total. The van der Waals surface area contributed by atoms with E-state index in [1.807, 2.05) is 6.92 Å². The van der Waals surface area contributed by atoms with Gasteiger partial charge in [0.1, 0.15) is 0 Å². The van der Waals surface area contributed by atoms with E-state index in [1.54, 1.807) is 0 Å². The minimum absolute atomic E-state index is 0.0892. The fourth-order valence-corrected chi connectivity index (χ4v) is 1.02. The van der Waals surface area contributed by atoms with Crippen molar-refractivity contribution in [1.82, 2.24) is 5.32 Å². The van der Waals surface area contributed by atoms with E-state index >= 15 is 0 Å². The lowest BCUT2D eigenvalue weighted by molar-refractivity contribution is -0.121. The highest BCUT2D eigenvalue weighted by atomic mass is 16.3. The molecule has 0 bridgehead atoms. The van der Waals surface area contributed by atoms with Crippen molar-refractivity contribution in [1.29, 1.82) is 0 Å². The molecule has 0 spiro atoms. The number of aliphatic hydroxyl groups is 1. The van der Waals surface area contributed by atoms with Gasteiger partial charge in [0.2, 0.25) is 5.91 Å². The molecule has 0 aliphatic carbocycles. The van der Waals surface area contributed by atoms with E-state index in [0.717, 1.165) is 12.8 Å². The number of hydrogen-bond acceptors (Lipinski definition) is 2. The van der Waals surface area contributed by atoms with Crippen molar-refractivity contribution in [2.24, 2.45) is 5.92 Å². The Morgan fingerprint density at radius 1 is 1.50 bits per heavy atom. The van der Waals surface area contributed by atoms with Crippen molar-refractivity contribution < 1.29 is 9.90 Å². The molecule has 0 aliphatic heterocycles. The summed E-state index contributed by atoms with van der Waals surface area (Å²) >= 11 is 0. The van der Waals surface area contributed by atoms with Crippen LogP contribution in [0.2, 0.25) is 0 Å². The molecule has 12 heavy (non-hydrogen) atoms. The van der Waals surface area contributed by atoms with Gasteiger partial charge in [0, 0.05) is 19.6 Å². The summed E-state index contributed by atoms with van der Waals surface area (Å²) in [6.45, 7) is 4.81. The van der Waals surface area contributed by atoms with Gasteiger partial charge >= 0.3 is 0 Å². The predicted molar refractivity (Wildman–Crippen MR) is 48.8 cm³/mol. The van der Waals surface area contributed by atoms with E-state index in [1.165, 1.54) is 0 Å². The molecule has 0 aromatic rings. The number of rotatable bonds is 6. The summed E-state index contributed by atoms with van der Waals surface area (Å²) in [5.41, 5.74) is 0. The zero-order valence-corrected chi connectivity index (χ0v) is 7.97. The fourth-order valence-electron chi connectivity index (χ4n) is 1.02. The van der Waals surface area contributed by atoms with Crippen LogP contribution in [0, 0.1) is 5.92 Å². The van der Waals surface area contributed by atoms with Crippen molar-refractivity contribution in [3.8, 4) is 0 Å². The van der Waals surface area contributed by atoms with Crippen molar-refractivity contribution in [2.75, 3.05) is 13.2 Å². The summed E-state index contributed by atoms with van der Waals surface area (Å²) in [6, 6.07) is 0. The van der Waals surface area contributed by atoms with Crippen LogP contribution in [-0.2, 0) is 4.79 Å². The largest absolute Gasteiger partial charge is 0.396 e. The molecule has 1 amide bonds. The molecule has 3 heteroatoms. The van der Waals surface area contributed by atoms with Crippen molar-refractivity contribution in [3.63, 3.8) is 0 Å². The Labute approximate surface area is 74.2 Å². The number of amides is 1. The topological polar surface area (TPSA) is 49.3 Å². The second kappa shape index (κ2) is 7.10. The second-order valence-electron chi connectivity index (χ2n) is 2.94. The highest BCUT2D eigenvalue weighted by Gasteiger charge is 2.06. The van der Waals surface area contributed by atoms with Gasteiger partial charge in [-0.05, 0) is 12.3 Å². The molecular formula is C9H19NO2. The molecule has 1 atom stereocenters. The van der Waals surface area contributed by atoms with Gasteiger partial charge in [0.05, 0.1) is 0 Å². The first kappa shape index (κ1) is 11.4. The van der Waals surface area contributed by atoms with Crippen LogP contribution in [0.3, 0.4) is 0 Å². The van der Waals surface area contributed by atoms with Gasteiger partial charge in [0.25, 0.3) is 0 Å². The summed E-state index contributed by atoms with van der Waals surface area (Å²) < 4.78 is 0. The molecule has 0 fully saturated rings. The second-order valence-corrected chi connectivity index (χ2v) is 2.94. The Hall–Kier alpha value is -0.570. The molecule has 0 saturated heterocycles. The normalized spacial score (nSPS) is 12.6. The molecule has 0 radical (unpaired) electrons. The van der Waals surface area contributed by atoms with E-state index in [0.29, 0.717) is 18.9 Å². The van der Waals surface area contributed by atoms with E-state index in [9.17, 15) is 4.79 Å². The first-order chi connectivity index (χ1) is 5.74. The SMILES string of the molecule is CCC(=O)NCC(CC)CCO. The maximum Gasteiger partial charge on any atom is 0.219 e. The third-order valence-corrected chi connectivity index (χ3v) is 2.02. The van der Waals surface area contributed by atoms with E-state index in [4.69, 9.17) is 5.11 Å². The van der Waals surface area contributed by atoms with Gasteiger partial charge in [-0.2, -0.15) is 0 Å². The number of carbonyl (C=O) groups excluding carboxylic acids is 1. The van der Waals surface area contributed by atoms with Crippen LogP contribution in [0.5, 0.6) is 0 Å². The van der Waals surface area contributed by atoms with Gasteiger partial charge in [-0.1, -0.05) is 20.3 Å². The summed E-state index contributed by atoms with van der Waals surface area (Å²) in [5, 5.41) is 11.5. The molecule has 2 N–H and O–H groups in total. The molecule has 0 rings (SSSR count). The monoisotopic (exact) mass is 173 g/mol. The van der Waals surface area contributed by atoms with Crippen LogP contribution in [0.25, 0.3) is 0 Å². The third-order valence-electron chi connectivity index (χ3n) is 2.02. The van der Waals surface area contributed by atoms with Gasteiger partial charge < -0.3 is 10.4 Å². The minimum Gasteiger partial charge on any atom is -0.396 e. The molecule has 0 aliphatic rings. The Kier molecular flexibility index (Phi) is 6.76. The highest BCUT2D eigenvalue weighted by Crippen LogP contribution is 2.05. The standard InChI is InChI=1S/C9H19NO2/c1-3-8(5-6-11)7-10-9(12)4-2/h8,11H,3-7H2,1-2H3,(H,10,12). The molecule has 0 aromatic heterocycles. The summed E-state index contributed by atoms with van der Waals surface area (Å²) in [7, 11) is 0. The van der Waals surface area contributed by atoms with Crippen molar-refractivity contribution in [2.45, 2.75) is 33.1 Å². The lowest BCUT2D eigenvalue weighted by atomic mass is 10.0. The summed E-state index contributed by atoms with van der Waals surface area (Å²) in [4.78, 5) is 10.9. The molecule has 0 heterocycles. The highest BCUT2D eigenvalue weighted by molar-refractivity contribution is 5.75. The zero-order chi connectivity index (χ0) is 9.40. The number of nitrogens with one attached hydrogen (secondary N) is 1. The Balaban J connectivity index is 3.50. The van der Waals surface area contributed by atoms with Crippen LogP contribution in [0.15, 0.2) is 0 Å². The van der Waals surface area contributed by atoms with Crippen LogP contribution in [0.1, 0.15) is 33.1 Å². The van der Waals surface area contributed by atoms with Gasteiger partial charge in [-0.15, -0.1) is 0 Å². The lowest BCUT2D eigenvalue weighted by Crippen LogP contribution is -2.28. The molecule has 0 saturated carbocycles. The first-order valence-corrected chi connectivity index (χ1v) is 4.62. The number of aliphatic hydroxyl groups excluding tert-OH is 1. The smallest absolute Gasteiger partial charge is 0.219 e. The van der Waals surface area contributed by atoms with Crippen LogP contribution < -0.4 is 5.32 Å². The Morgan fingerprint density at radius 3 is 2.58 bits per heavy atom. The van der Waals surface area contributed by atoms with Crippen molar-refractivity contribution in [3.05, 3.63) is 0 Å². The van der Waals surface area contributed by atoms with Gasteiger partial charge in [0.15, 0.2) is 0 Å². The van der Waals surface area contributed by atoms with Crippen LogP contribution in [0.4, 0.5) is 0 Å². The lowest BCUT2D eigenvalue weighted by Gasteiger charge is -2.13. The van der Waals surface area contributed by atoms with E-state index in [2.05, 4.69) is 12.2 Å². The maximum atomic E-state index is 10.9. The quantitative estimate of drug-likeness (QED) is 0.627. The van der Waals surface area contributed by atoms with Crippen LogP contribution in [-0.4, -0.2) is 24.2 Å². The molecular weight excluding hydrogens is 154 g/mol. The summed E-state index contributed by atoms with van der Waals surface area (Å²) in [6.07, 6.45) is 2.32. The predicted octanol–water partition coefficient (Wildman–Crippen LogP) is 0.921.